The largest absolute Gasteiger partial charge is 0.473 e. The zero-order chi connectivity index (χ0) is 29.2. The van der Waals surface area contributed by atoms with Crippen LogP contribution < -0.4 is 25.4 Å². The number of ether oxygens (including phenoxy) is 1. The first-order chi connectivity index (χ1) is 18.7. The van der Waals surface area contributed by atoms with Crippen molar-refractivity contribution in [2.75, 3.05) is 41.4 Å². The maximum Gasteiger partial charge on any atom is 0.423 e. The van der Waals surface area contributed by atoms with Crippen molar-refractivity contribution in [1.82, 2.24) is 30.1 Å². The Balaban J connectivity index is 1.40. The lowest BCUT2D eigenvalue weighted by Crippen LogP contribution is -2.54. The van der Waals surface area contributed by atoms with Gasteiger partial charge >= 0.3 is 12.4 Å². The number of β-amino-alcohol motifs (C(OH)–C–C–N with tert-alkyl or cyclic N) is 1. The van der Waals surface area contributed by atoms with Crippen LogP contribution in [0.4, 0.5) is 48.3 Å². The molecule has 19 heteroatoms. The summed E-state index contributed by atoms with van der Waals surface area (Å²) in [6.45, 7) is 1.07. The average Bonchev–Trinajstić information content (AvgIpc) is 2.87. The van der Waals surface area contributed by atoms with Crippen LogP contribution in [-0.2, 0) is 12.4 Å². The number of H-pyrrole nitrogens is 1. The van der Waals surface area contributed by atoms with E-state index in [1.54, 1.807) is 5.10 Å². The molecule has 3 N–H and O–H groups in total. The minimum Gasteiger partial charge on any atom is -0.473 e. The third-order valence-corrected chi connectivity index (χ3v) is 5.57. The minimum absolute atomic E-state index is 0.0403. The van der Waals surface area contributed by atoms with Crippen LogP contribution in [0.3, 0.4) is 0 Å². The number of nitrogens with zero attached hydrogens (tertiary/aromatic N) is 7. The van der Waals surface area contributed by atoms with E-state index in [1.807, 2.05) is 0 Å². The van der Waals surface area contributed by atoms with E-state index in [4.69, 9.17) is 4.74 Å². The Kier molecular flexibility index (Phi) is 7.94. The number of aromatic amines is 1. The van der Waals surface area contributed by atoms with Crippen molar-refractivity contribution in [1.29, 1.82) is 0 Å². The number of aliphatic hydroxyl groups is 1. The standard InChI is InChI=1S/C21H20F7N9O3/c1-10(33-13-7-32-35-16(39)15(13)21(26,27)28)9-40-17-12(22)6-31-19(34-17)37-3-2-36(8-14(37)38)18-29-4-11(5-30-18)20(23,24)25/h4-7,10,14,38H,2-3,8-9H2,1H3,(H2,33,35,39)/t10-,14-/m0/s1. The molecule has 1 aliphatic rings. The first kappa shape index (κ1) is 28.7. The second-order valence-corrected chi connectivity index (χ2v) is 8.55. The van der Waals surface area contributed by atoms with Crippen LogP contribution in [-0.4, -0.2) is 73.8 Å². The molecule has 0 aromatic carbocycles. The zero-order valence-corrected chi connectivity index (χ0v) is 20.3. The highest BCUT2D eigenvalue weighted by Crippen LogP contribution is 2.32. The third kappa shape index (κ3) is 6.46. The van der Waals surface area contributed by atoms with E-state index >= 15 is 0 Å². The second kappa shape index (κ2) is 11.1. The van der Waals surface area contributed by atoms with Gasteiger partial charge in [0.2, 0.25) is 17.7 Å². The molecule has 3 aromatic rings. The lowest BCUT2D eigenvalue weighted by Gasteiger charge is -2.38. The molecule has 0 unspecified atom stereocenters. The van der Waals surface area contributed by atoms with Gasteiger partial charge in [-0.2, -0.15) is 40.8 Å². The Hall–Kier alpha value is -4.29. The van der Waals surface area contributed by atoms with Gasteiger partial charge in [0.25, 0.3) is 11.4 Å². The van der Waals surface area contributed by atoms with Crippen molar-refractivity contribution in [3.63, 3.8) is 0 Å². The predicted molar refractivity (Wildman–Crippen MR) is 123 cm³/mol. The van der Waals surface area contributed by atoms with Gasteiger partial charge in [0.1, 0.15) is 18.4 Å². The minimum atomic E-state index is -4.96. The molecule has 4 heterocycles. The molecule has 12 nitrogen and oxygen atoms in total. The van der Waals surface area contributed by atoms with Crippen LogP contribution in [0.5, 0.6) is 5.88 Å². The fourth-order valence-corrected chi connectivity index (χ4v) is 3.69. The Morgan fingerprint density at radius 3 is 2.38 bits per heavy atom. The highest BCUT2D eigenvalue weighted by Gasteiger charge is 2.38. The molecule has 40 heavy (non-hydrogen) atoms. The van der Waals surface area contributed by atoms with Gasteiger partial charge in [-0.1, -0.05) is 0 Å². The molecule has 1 saturated heterocycles. The summed E-state index contributed by atoms with van der Waals surface area (Å²) in [5, 5.41) is 18.1. The maximum absolute atomic E-state index is 14.3. The van der Waals surface area contributed by atoms with Crippen LogP contribution in [0, 0.1) is 5.82 Å². The van der Waals surface area contributed by atoms with E-state index in [1.165, 1.54) is 16.7 Å². The molecule has 2 atom stereocenters. The van der Waals surface area contributed by atoms with Gasteiger partial charge < -0.3 is 25.0 Å². The molecule has 0 amide bonds. The molecule has 1 aliphatic heterocycles. The second-order valence-electron chi connectivity index (χ2n) is 8.55. The molecule has 1 fully saturated rings. The summed E-state index contributed by atoms with van der Waals surface area (Å²) in [5.41, 5.74) is -4.56. The van der Waals surface area contributed by atoms with E-state index in [0.29, 0.717) is 12.4 Å². The average molecular weight is 579 g/mol. The Morgan fingerprint density at radius 1 is 1.07 bits per heavy atom. The number of rotatable bonds is 7. The monoisotopic (exact) mass is 579 g/mol. The van der Waals surface area contributed by atoms with E-state index in [0.717, 1.165) is 12.4 Å². The number of aromatic nitrogens is 6. The Bertz CT molecular complexity index is 1390. The van der Waals surface area contributed by atoms with Crippen LogP contribution >= 0.6 is 0 Å². The van der Waals surface area contributed by atoms with Crippen LogP contribution in [0.15, 0.2) is 29.6 Å². The Labute approximate surface area is 219 Å². The van der Waals surface area contributed by atoms with Crippen LogP contribution in [0.25, 0.3) is 0 Å². The molecule has 0 bridgehead atoms. The number of hydrogen-bond donors (Lipinski definition) is 3. The molecule has 0 aliphatic carbocycles. The van der Waals surface area contributed by atoms with Gasteiger partial charge in [-0.05, 0) is 6.92 Å². The summed E-state index contributed by atoms with van der Waals surface area (Å²) in [7, 11) is 0. The van der Waals surface area contributed by atoms with E-state index in [2.05, 4.69) is 30.4 Å². The summed E-state index contributed by atoms with van der Waals surface area (Å²) >= 11 is 0. The van der Waals surface area contributed by atoms with Crippen molar-refractivity contribution in [2.45, 2.75) is 31.5 Å². The van der Waals surface area contributed by atoms with Gasteiger partial charge in [-0.25, -0.2) is 20.1 Å². The van der Waals surface area contributed by atoms with Crippen molar-refractivity contribution in [2.24, 2.45) is 0 Å². The summed E-state index contributed by atoms with van der Waals surface area (Å²) in [6.07, 6.45) is -8.05. The molecule has 0 saturated carbocycles. The molecular weight excluding hydrogens is 559 g/mol. The summed E-state index contributed by atoms with van der Waals surface area (Å²) in [5.74, 6) is -1.73. The molecule has 0 spiro atoms. The summed E-state index contributed by atoms with van der Waals surface area (Å²) in [6, 6.07) is -0.875. The maximum atomic E-state index is 14.3. The zero-order valence-electron chi connectivity index (χ0n) is 20.3. The summed E-state index contributed by atoms with van der Waals surface area (Å²) < 4.78 is 97.6. The third-order valence-electron chi connectivity index (χ3n) is 5.57. The van der Waals surface area contributed by atoms with E-state index in [-0.39, 0.29) is 38.1 Å². The number of piperazine rings is 1. The molecule has 216 valence electrons. The van der Waals surface area contributed by atoms with E-state index < -0.39 is 58.7 Å². The van der Waals surface area contributed by atoms with Gasteiger partial charge in [0.05, 0.1) is 36.2 Å². The van der Waals surface area contributed by atoms with Crippen LogP contribution in [0.2, 0.25) is 0 Å². The number of anilines is 3. The van der Waals surface area contributed by atoms with E-state index in [9.17, 15) is 40.6 Å². The highest BCUT2D eigenvalue weighted by molar-refractivity contribution is 5.50. The number of halogens is 7. The first-order valence-electron chi connectivity index (χ1n) is 11.4. The lowest BCUT2D eigenvalue weighted by atomic mass is 10.2. The number of alkyl halides is 6. The SMILES string of the molecule is C[C@@H](COc1nc(N2CCN(c3ncc(C(F)(F)F)cn3)C[C@@H]2O)ncc1F)Nc1cn[nH]c(=O)c1C(F)(F)F. The summed E-state index contributed by atoms with van der Waals surface area (Å²) in [4.78, 5) is 29.5. The number of hydrogen-bond acceptors (Lipinski definition) is 11. The lowest BCUT2D eigenvalue weighted by molar-refractivity contribution is -0.139. The normalized spacial score (nSPS) is 17.1. The van der Waals surface area contributed by atoms with Gasteiger partial charge in [0, 0.05) is 25.5 Å². The quantitative estimate of drug-likeness (QED) is 0.354. The number of aliphatic hydroxyl groups excluding tert-OH is 1. The smallest absolute Gasteiger partial charge is 0.423 e. The first-order valence-corrected chi connectivity index (χ1v) is 11.4. The van der Waals surface area contributed by atoms with Gasteiger partial charge in [-0.3, -0.25) is 4.79 Å². The van der Waals surface area contributed by atoms with Crippen LogP contribution in [0.1, 0.15) is 18.1 Å². The highest BCUT2D eigenvalue weighted by atomic mass is 19.4. The predicted octanol–water partition coefficient (Wildman–Crippen LogP) is 2.05. The van der Waals surface area contributed by atoms with Gasteiger partial charge in [-0.15, -0.1) is 0 Å². The number of nitrogens with one attached hydrogen (secondary N) is 2. The van der Waals surface area contributed by atoms with Crippen molar-refractivity contribution < 1.29 is 40.6 Å². The Morgan fingerprint density at radius 2 is 1.75 bits per heavy atom. The molecule has 4 rings (SSSR count). The van der Waals surface area contributed by atoms with Gasteiger partial charge in [0.15, 0.2) is 0 Å². The molecule has 3 aromatic heterocycles. The van der Waals surface area contributed by atoms with Crippen molar-refractivity contribution >= 4 is 17.6 Å². The van der Waals surface area contributed by atoms with Crippen molar-refractivity contribution in [3.8, 4) is 5.88 Å². The fraction of sp³-hybridized carbons (Fsp3) is 0.429. The molecule has 0 radical (unpaired) electrons. The topological polar surface area (TPSA) is 145 Å². The molecular formula is C21H20F7N9O3. The van der Waals surface area contributed by atoms with Crippen molar-refractivity contribution in [3.05, 3.63) is 52.1 Å². The fourth-order valence-electron chi connectivity index (χ4n) is 3.69.